The number of rotatable bonds is 11. The molecule has 2 unspecified atom stereocenters. The summed E-state index contributed by atoms with van der Waals surface area (Å²) in [4.78, 5) is 7.36. The van der Waals surface area contributed by atoms with Crippen molar-refractivity contribution in [1.82, 2.24) is 15.5 Å². The number of benzene rings is 1. The van der Waals surface area contributed by atoms with Gasteiger partial charge in [-0.3, -0.25) is 0 Å². The smallest absolute Gasteiger partial charge is 0.203 e. The van der Waals surface area contributed by atoms with Gasteiger partial charge in [0.2, 0.25) is 5.75 Å². The number of hydrogen-bond acceptors (Lipinski definition) is 5. The number of aliphatic imine (C=N–C) groups is 1. The SMILES string of the molecule is CCNC(=NCc1cc(OC)c(OC)c(OC)c1)NCCCCN1CC(C)CC(C)C1.I. The highest BCUT2D eigenvalue weighted by molar-refractivity contribution is 14.0. The minimum atomic E-state index is 0. The fourth-order valence-corrected chi connectivity index (χ4v) is 4.38. The Morgan fingerprint density at radius 1 is 1.00 bits per heavy atom. The van der Waals surface area contributed by atoms with E-state index in [1.54, 1.807) is 21.3 Å². The Bertz CT molecular complexity index is 667. The second-order valence-corrected chi connectivity index (χ2v) is 8.57. The predicted octanol–water partition coefficient (Wildman–Crippen LogP) is 4.14. The summed E-state index contributed by atoms with van der Waals surface area (Å²) in [6, 6.07) is 3.88. The average Bonchev–Trinajstić information content (AvgIpc) is 2.75. The molecule has 7 nitrogen and oxygen atoms in total. The van der Waals surface area contributed by atoms with Crippen molar-refractivity contribution in [2.45, 2.75) is 46.6 Å². The average molecular weight is 563 g/mol. The molecule has 1 aromatic carbocycles. The normalized spacial score (nSPS) is 19.1. The van der Waals surface area contributed by atoms with E-state index in [1.165, 1.54) is 32.5 Å². The van der Waals surface area contributed by atoms with E-state index in [0.717, 1.165) is 42.9 Å². The van der Waals surface area contributed by atoms with Crippen LogP contribution in [0.3, 0.4) is 0 Å². The third-order valence-corrected chi connectivity index (χ3v) is 5.63. The van der Waals surface area contributed by atoms with Gasteiger partial charge in [-0.05, 0) is 62.3 Å². The van der Waals surface area contributed by atoms with Crippen molar-refractivity contribution in [2.75, 3.05) is 54.1 Å². The fourth-order valence-electron chi connectivity index (χ4n) is 4.38. The van der Waals surface area contributed by atoms with Crippen LogP contribution in [0.15, 0.2) is 17.1 Å². The number of likely N-dealkylation sites (tertiary alicyclic amines) is 1. The van der Waals surface area contributed by atoms with E-state index in [9.17, 15) is 0 Å². The van der Waals surface area contributed by atoms with Crippen LogP contribution < -0.4 is 24.8 Å². The first-order valence-electron chi connectivity index (χ1n) is 11.5. The number of unbranched alkanes of at least 4 members (excludes halogenated alkanes) is 1. The Kier molecular flexibility index (Phi) is 13.8. The van der Waals surface area contributed by atoms with Gasteiger partial charge in [-0.1, -0.05) is 13.8 Å². The van der Waals surface area contributed by atoms with E-state index in [-0.39, 0.29) is 24.0 Å². The number of hydrogen-bond donors (Lipinski definition) is 2. The number of guanidine groups is 1. The van der Waals surface area contributed by atoms with Gasteiger partial charge in [0.1, 0.15) is 0 Å². The molecule has 1 aromatic rings. The van der Waals surface area contributed by atoms with E-state index < -0.39 is 0 Å². The molecule has 1 aliphatic heterocycles. The summed E-state index contributed by atoms with van der Waals surface area (Å²) in [5.74, 6) is 4.36. The lowest BCUT2D eigenvalue weighted by Gasteiger charge is -2.34. The van der Waals surface area contributed by atoms with E-state index in [2.05, 4.69) is 36.3 Å². The number of nitrogens with one attached hydrogen (secondary N) is 2. The molecule has 2 N–H and O–H groups in total. The van der Waals surface area contributed by atoms with Gasteiger partial charge in [0.25, 0.3) is 0 Å². The topological polar surface area (TPSA) is 67.4 Å². The molecule has 32 heavy (non-hydrogen) atoms. The number of piperidine rings is 1. The maximum Gasteiger partial charge on any atom is 0.203 e. The molecule has 1 fully saturated rings. The van der Waals surface area contributed by atoms with Crippen LogP contribution >= 0.6 is 24.0 Å². The van der Waals surface area contributed by atoms with Gasteiger partial charge < -0.3 is 29.7 Å². The first kappa shape index (κ1) is 28.6. The maximum atomic E-state index is 5.44. The van der Waals surface area contributed by atoms with Crippen molar-refractivity contribution < 1.29 is 14.2 Å². The molecular formula is C24H43IN4O3. The van der Waals surface area contributed by atoms with Crippen molar-refractivity contribution in [1.29, 1.82) is 0 Å². The minimum absolute atomic E-state index is 0. The molecule has 2 atom stereocenters. The second kappa shape index (κ2) is 15.4. The second-order valence-electron chi connectivity index (χ2n) is 8.57. The van der Waals surface area contributed by atoms with Gasteiger partial charge in [-0.2, -0.15) is 0 Å². The molecule has 0 amide bonds. The van der Waals surface area contributed by atoms with E-state index >= 15 is 0 Å². The standard InChI is InChI=1S/C24H42N4O3.HI/c1-7-25-24(26-10-8-9-11-28-16-18(2)12-19(3)17-28)27-15-20-13-21(29-4)23(31-6)22(14-20)30-5;/h13-14,18-19H,7-12,15-17H2,1-6H3,(H2,25,26,27);1H. The van der Waals surface area contributed by atoms with E-state index in [1.807, 2.05) is 12.1 Å². The van der Waals surface area contributed by atoms with Crippen LogP contribution in [0.1, 0.15) is 45.6 Å². The molecule has 0 radical (unpaired) electrons. The molecule has 0 saturated carbocycles. The molecule has 184 valence electrons. The third kappa shape index (κ3) is 9.21. The first-order chi connectivity index (χ1) is 15.0. The highest BCUT2D eigenvalue weighted by Crippen LogP contribution is 2.38. The lowest BCUT2D eigenvalue weighted by molar-refractivity contribution is 0.139. The molecule has 1 aliphatic rings. The van der Waals surface area contributed by atoms with Gasteiger partial charge >= 0.3 is 0 Å². The zero-order chi connectivity index (χ0) is 22.6. The number of halogens is 1. The summed E-state index contributed by atoms with van der Waals surface area (Å²) in [6.45, 7) is 12.8. The largest absolute Gasteiger partial charge is 0.493 e. The quantitative estimate of drug-likeness (QED) is 0.183. The Morgan fingerprint density at radius 3 is 2.16 bits per heavy atom. The Hall–Kier alpha value is -1.42. The first-order valence-corrected chi connectivity index (χ1v) is 11.5. The fraction of sp³-hybridized carbons (Fsp3) is 0.708. The van der Waals surface area contributed by atoms with Gasteiger partial charge in [-0.25, -0.2) is 4.99 Å². The van der Waals surface area contributed by atoms with Crippen LogP contribution in [0.25, 0.3) is 0 Å². The highest BCUT2D eigenvalue weighted by Gasteiger charge is 2.21. The highest BCUT2D eigenvalue weighted by atomic mass is 127. The van der Waals surface area contributed by atoms with Gasteiger partial charge in [0.15, 0.2) is 17.5 Å². The monoisotopic (exact) mass is 562 g/mol. The van der Waals surface area contributed by atoms with Crippen molar-refractivity contribution in [3.8, 4) is 17.2 Å². The van der Waals surface area contributed by atoms with E-state index in [0.29, 0.717) is 23.8 Å². The third-order valence-electron chi connectivity index (χ3n) is 5.63. The van der Waals surface area contributed by atoms with Crippen molar-refractivity contribution in [2.24, 2.45) is 16.8 Å². The molecule has 0 aromatic heterocycles. The van der Waals surface area contributed by atoms with Crippen LogP contribution in [-0.2, 0) is 6.54 Å². The van der Waals surface area contributed by atoms with Crippen LogP contribution in [0.5, 0.6) is 17.2 Å². The Balaban J connectivity index is 0.00000512. The maximum absolute atomic E-state index is 5.44. The summed E-state index contributed by atoms with van der Waals surface area (Å²) in [5, 5.41) is 6.78. The Labute approximate surface area is 211 Å². The molecule has 0 spiro atoms. The molecule has 1 heterocycles. The summed E-state index contributed by atoms with van der Waals surface area (Å²) in [6.07, 6.45) is 3.71. The number of methoxy groups -OCH3 is 3. The van der Waals surface area contributed by atoms with Crippen LogP contribution in [0, 0.1) is 11.8 Å². The molecule has 8 heteroatoms. The van der Waals surface area contributed by atoms with E-state index in [4.69, 9.17) is 19.2 Å². The lowest BCUT2D eigenvalue weighted by Crippen LogP contribution is -2.40. The van der Waals surface area contributed by atoms with Crippen molar-refractivity contribution in [3.63, 3.8) is 0 Å². The molecule has 2 rings (SSSR count). The Morgan fingerprint density at radius 2 is 1.62 bits per heavy atom. The van der Waals surface area contributed by atoms with Gasteiger partial charge in [-0.15, -0.1) is 24.0 Å². The van der Waals surface area contributed by atoms with Crippen LogP contribution in [-0.4, -0.2) is 64.9 Å². The minimum Gasteiger partial charge on any atom is -0.493 e. The van der Waals surface area contributed by atoms with Gasteiger partial charge in [0, 0.05) is 26.2 Å². The summed E-state index contributed by atoms with van der Waals surface area (Å²) >= 11 is 0. The molecular weight excluding hydrogens is 519 g/mol. The summed E-state index contributed by atoms with van der Waals surface area (Å²) in [5.41, 5.74) is 1.00. The number of nitrogens with zero attached hydrogens (tertiary/aromatic N) is 2. The summed E-state index contributed by atoms with van der Waals surface area (Å²) < 4.78 is 16.3. The molecule has 1 saturated heterocycles. The molecule has 0 bridgehead atoms. The van der Waals surface area contributed by atoms with Crippen LogP contribution in [0.4, 0.5) is 0 Å². The lowest BCUT2D eigenvalue weighted by atomic mass is 9.92. The zero-order valence-electron chi connectivity index (χ0n) is 20.7. The molecule has 0 aliphatic carbocycles. The summed E-state index contributed by atoms with van der Waals surface area (Å²) in [7, 11) is 4.86. The van der Waals surface area contributed by atoms with Crippen molar-refractivity contribution >= 4 is 29.9 Å². The predicted molar refractivity (Wildman–Crippen MR) is 143 cm³/mol. The number of ether oxygens (including phenoxy) is 3. The van der Waals surface area contributed by atoms with Crippen LogP contribution in [0.2, 0.25) is 0 Å². The zero-order valence-corrected chi connectivity index (χ0v) is 23.0. The van der Waals surface area contributed by atoms with Gasteiger partial charge in [0.05, 0.1) is 27.9 Å². The van der Waals surface area contributed by atoms with Crippen molar-refractivity contribution in [3.05, 3.63) is 17.7 Å².